The van der Waals surface area contributed by atoms with Crippen molar-refractivity contribution >= 4 is 27.6 Å². The molecule has 0 aromatic heterocycles. The second kappa shape index (κ2) is 8.81. The van der Waals surface area contributed by atoms with Crippen LogP contribution in [0.5, 0.6) is 0 Å². The predicted molar refractivity (Wildman–Crippen MR) is 93.0 cm³/mol. The molecule has 0 aliphatic heterocycles. The van der Waals surface area contributed by atoms with E-state index < -0.39 is 23.2 Å². The molecule has 0 spiro atoms. The Morgan fingerprint density at radius 1 is 0.958 bits per heavy atom. The molecule has 0 heterocycles. The van der Waals surface area contributed by atoms with E-state index in [1.807, 2.05) is 0 Å². The summed E-state index contributed by atoms with van der Waals surface area (Å²) in [6.45, 7) is 0. The molecule has 0 saturated carbocycles. The molecule has 2 aliphatic carbocycles. The second-order valence-electron chi connectivity index (χ2n) is 5.64. The maximum absolute atomic E-state index is 3.54. The summed E-state index contributed by atoms with van der Waals surface area (Å²) < 4.78 is 3.49. The topological polar surface area (TPSA) is 0 Å². The number of rotatable bonds is 3. The fraction of sp³-hybridized carbons (Fsp3) is 0.100. The Hall–Kier alpha value is -0.397. The van der Waals surface area contributed by atoms with Crippen LogP contribution in [0, 0.1) is 0 Å². The minimum Gasteiger partial charge on any atom is -1.00 e. The number of hydrogen-bond donors (Lipinski definition) is 0. The average Bonchev–Trinajstić information content (AvgIpc) is 3.17. The third kappa shape index (κ3) is 4.05. The van der Waals surface area contributed by atoms with Gasteiger partial charge < -0.3 is 24.8 Å². The molecule has 2 aliphatic rings. The van der Waals surface area contributed by atoms with Crippen molar-refractivity contribution in [2.75, 3.05) is 0 Å². The number of benzene rings is 2. The van der Waals surface area contributed by atoms with Crippen LogP contribution in [0.25, 0.3) is 11.6 Å². The Kier molecular flexibility index (Phi) is 7.31. The molecule has 2 aromatic carbocycles. The van der Waals surface area contributed by atoms with Gasteiger partial charge >= 0.3 is 152 Å². The Labute approximate surface area is 175 Å². The van der Waals surface area contributed by atoms with Crippen LogP contribution in [0.1, 0.15) is 26.7 Å². The van der Waals surface area contributed by atoms with Gasteiger partial charge in [0.1, 0.15) is 0 Å². The van der Waals surface area contributed by atoms with E-state index in [4.69, 9.17) is 0 Å². The summed E-state index contributed by atoms with van der Waals surface area (Å²) in [5.74, 6) is 0. The molecule has 120 valence electrons. The standard InChI is InChI=1S/C15H10Br.C5H5.2ClH.Zr/c16-15-7-5-11(6-8-15)14-9-12-3-1-2-4-13(12)10-14;1-2-4-5-3-1;;;/h1-10H;1-3H,4H2;2*1H;/q;;;;+2/p-2. The first-order valence-corrected chi connectivity index (χ1v) is 10.9. The zero-order valence-electron chi connectivity index (χ0n) is 12.8. The van der Waals surface area contributed by atoms with E-state index in [0.29, 0.717) is 3.63 Å². The van der Waals surface area contributed by atoms with E-state index in [-0.39, 0.29) is 24.8 Å². The number of fused-ring (bicyclic) bond motifs is 1. The zero-order chi connectivity index (χ0) is 14.9. The number of halogens is 3. The normalized spacial score (nSPS) is 17.1. The van der Waals surface area contributed by atoms with Gasteiger partial charge in [0.05, 0.1) is 0 Å². The van der Waals surface area contributed by atoms with Crippen LogP contribution in [0.4, 0.5) is 0 Å². The van der Waals surface area contributed by atoms with Gasteiger partial charge in [-0.1, -0.05) is 0 Å². The van der Waals surface area contributed by atoms with Crippen molar-refractivity contribution in [1.82, 2.24) is 0 Å². The average molecular weight is 497 g/mol. The van der Waals surface area contributed by atoms with E-state index in [1.165, 1.54) is 23.1 Å². The molecule has 1 atom stereocenters. The molecule has 0 bridgehead atoms. The van der Waals surface area contributed by atoms with E-state index >= 15 is 0 Å². The van der Waals surface area contributed by atoms with Gasteiger partial charge in [-0.15, -0.1) is 0 Å². The van der Waals surface area contributed by atoms with Crippen LogP contribution in [0.15, 0.2) is 74.5 Å². The van der Waals surface area contributed by atoms with Crippen LogP contribution in [0.2, 0.25) is 0 Å². The molecule has 0 amide bonds. The van der Waals surface area contributed by atoms with Crippen molar-refractivity contribution in [2.24, 2.45) is 0 Å². The third-order valence-electron chi connectivity index (χ3n) is 4.21. The molecule has 0 nitrogen and oxygen atoms in total. The van der Waals surface area contributed by atoms with Crippen LogP contribution in [-0.4, -0.2) is 0 Å². The fourth-order valence-electron chi connectivity index (χ4n) is 3.11. The first-order valence-electron chi connectivity index (χ1n) is 7.50. The van der Waals surface area contributed by atoms with E-state index in [9.17, 15) is 0 Å². The second-order valence-corrected chi connectivity index (χ2v) is 10.3. The first-order chi connectivity index (χ1) is 10.8. The maximum atomic E-state index is 3.54. The van der Waals surface area contributed by atoms with Crippen molar-refractivity contribution in [3.63, 3.8) is 0 Å². The zero-order valence-corrected chi connectivity index (χ0v) is 18.4. The molecule has 4 heteroatoms. The third-order valence-corrected chi connectivity index (χ3v) is 8.80. The summed E-state index contributed by atoms with van der Waals surface area (Å²) >= 11 is 2.89. The van der Waals surface area contributed by atoms with Gasteiger partial charge in [0.15, 0.2) is 0 Å². The molecule has 0 fully saturated rings. The summed E-state index contributed by atoms with van der Waals surface area (Å²) in [5, 5.41) is 0. The molecule has 24 heavy (non-hydrogen) atoms. The van der Waals surface area contributed by atoms with Gasteiger partial charge in [-0.2, -0.15) is 0 Å². The first kappa shape index (κ1) is 19.9. The van der Waals surface area contributed by atoms with Crippen LogP contribution in [0.3, 0.4) is 0 Å². The summed E-state index contributed by atoms with van der Waals surface area (Å²) in [4.78, 5) is 0. The largest absolute Gasteiger partial charge is 1.00 e. The van der Waals surface area contributed by atoms with Crippen molar-refractivity contribution in [3.8, 4) is 0 Å². The van der Waals surface area contributed by atoms with Gasteiger partial charge in [0, 0.05) is 0 Å². The Bertz CT molecular complexity index is 807. The van der Waals surface area contributed by atoms with E-state index in [2.05, 4.69) is 88.8 Å². The molecular formula is C20H15BrCl2Zr. The molecule has 4 rings (SSSR count). The molecule has 1 unspecified atom stereocenters. The Balaban J connectivity index is 0.00000104. The molecular weight excluding hydrogens is 482 g/mol. The minimum atomic E-state index is -0.650. The smallest absolute Gasteiger partial charge is 1.00 e. The Morgan fingerprint density at radius 3 is 2.42 bits per heavy atom. The summed E-state index contributed by atoms with van der Waals surface area (Å²) in [5.41, 5.74) is 5.85. The maximum Gasteiger partial charge on any atom is -1.00 e. The SMILES string of the molecule is Brc1ccc(C2=Cc3ccccc3[CH]2[Zr+2][C]2=CC=CC2)cc1.[Cl-].[Cl-]. The molecule has 0 saturated heterocycles. The van der Waals surface area contributed by atoms with Gasteiger partial charge in [-0.05, 0) is 0 Å². The van der Waals surface area contributed by atoms with Gasteiger partial charge in [0.2, 0.25) is 0 Å². The molecule has 0 radical (unpaired) electrons. The minimum absolute atomic E-state index is 0. The fourth-order valence-corrected chi connectivity index (χ4v) is 7.36. The number of hydrogen-bond acceptors (Lipinski definition) is 0. The van der Waals surface area contributed by atoms with E-state index in [0.717, 1.165) is 4.47 Å². The number of allylic oxidation sites excluding steroid dienone is 5. The predicted octanol–water partition coefficient (Wildman–Crippen LogP) is -0.0213. The van der Waals surface area contributed by atoms with Crippen molar-refractivity contribution < 1.29 is 48.0 Å². The Morgan fingerprint density at radius 2 is 1.71 bits per heavy atom. The van der Waals surface area contributed by atoms with Gasteiger partial charge in [-0.3, -0.25) is 0 Å². The monoisotopic (exact) mass is 494 g/mol. The summed E-state index contributed by atoms with van der Waals surface area (Å²) in [7, 11) is 0. The molecule has 0 N–H and O–H groups in total. The van der Waals surface area contributed by atoms with Crippen LogP contribution >= 0.6 is 15.9 Å². The van der Waals surface area contributed by atoms with E-state index in [1.54, 1.807) is 8.84 Å². The quantitative estimate of drug-likeness (QED) is 0.560. The van der Waals surface area contributed by atoms with Crippen molar-refractivity contribution in [1.29, 1.82) is 0 Å². The van der Waals surface area contributed by atoms with Gasteiger partial charge in [-0.25, -0.2) is 0 Å². The van der Waals surface area contributed by atoms with Crippen LogP contribution < -0.4 is 24.8 Å². The van der Waals surface area contributed by atoms with Crippen molar-refractivity contribution in [3.05, 3.63) is 91.2 Å². The summed E-state index contributed by atoms with van der Waals surface area (Å²) in [6, 6.07) is 17.7. The van der Waals surface area contributed by atoms with Crippen LogP contribution in [-0.2, 0) is 23.2 Å². The molecule has 2 aromatic rings. The summed E-state index contributed by atoms with van der Waals surface area (Å²) in [6.07, 6.45) is 10.5. The van der Waals surface area contributed by atoms with Crippen molar-refractivity contribution in [2.45, 2.75) is 10.0 Å². The van der Waals surface area contributed by atoms with Gasteiger partial charge in [0.25, 0.3) is 0 Å².